The van der Waals surface area contributed by atoms with Gasteiger partial charge in [-0.1, -0.05) is 36.4 Å². The van der Waals surface area contributed by atoms with Crippen LogP contribution in [-0.2, 0) is 6.18 Å². The Bertz CT molecular complexity index is 728. The van der Waals surface area contributed by atoms with Crippen molar-refractivity contribution in [2.75, 3.05) is 0 Å². The van der Waals surface area contributed by atoms with Crippen LogP contribution >= 0.6 is 0 Å². The average molecular weight is 304 g/mol. The molecule has 0 aromatic heterocycles. The number of aldehydes is 1. The second-order valence-electron chi connectivity index (χ2n) is 5.08. The van der Waals surface area contributed by atoms with E-state index >= 15 is 0 Å². The zero-order valence-electron chi connectivity index (χ0n) is 12.2. The molecule has 4 heteroatoms. The van der Waals surface area contributed by atoms with E-state index in [1.807, 2.05) is 32.0 Å². The van der Waals surface area contributed by atoms with Crippen molar-refractivity contribution < 1.29 is 18.0 Å². The van der Waals surface area contributed by atoms with Crippen LogP contribution in [0, 0.1) is 13.8 Å². The molecule has 2 rings (SSSR count). The molecule has 22 heavy (non-hydrogen) atoms. The number of carbonyl (C=O) groups excluding carboxylic acids is 1. The van der Waals surface area contributed by atoms with Crippen LogP contribution in [0.4, 0.5) is 13.2 Å². The zero-order chi connectivity index (χ0) is 16.3. The fourth-order valence-electron chi connectivity index (χ4n) is 2.18. The SMILES string of the molecule is Cc1cccc(/C=C/c2cc(C=O)ccc2C(F)(F)F)c1C. The zero-order valence-corrected chi connectivity index (χ0v) is 12.2. The van der Waals surface area contributed by atoms with Crippen LogP contribution in [0.2, 0.25) is 0 Å². The van der Waals surface area contributed by atoms with Crippen molar-refractivity contribution in [1.29, 1.82) is 0 Å². The van der Waals surface area contributed by atoms with Crippen molar-refractivity contribution in [2.45, 2.75) is 20.0 Å². The van der Waals surface area contributed by atoms with Crippen LogP contribution in [0.15, 0.2) is 36.4 Å². The van der Waals surface area contributed by atoms with Crippen molar-refractivity contribution in [2.24, 2.45) is 0 Å². The van der Waals surface area contributed by atoms with Gasteiger partial charge in [-0.15, -0.1) is 0 Å². The summed E-state index contributed by atoms with van der Waals surface area (Å²) in [5, 5.41) is 0. The standard InChI is InChI=1S/C18H15F3O/c1-12-4-3-5-15(13(12)2)7-8-16-10-14(11-22)6-9-17(16)18(19,20)21/h3-11H,1-2H3/b8-7+. The lowest BCUT2D eigenvalue weighted by atomic mass is 10.00. The number of alkyl halides is 3. The van der Waals surface area contributed by atoms with Crippen LogP contribution in [-0.4, -0.2) is 6.29 Å². The third-order valence-electron chi connectivity index (χ3n) is 3.61. The monoisotopic (exact) mass is 304 g/mol. The highest BCUT2D eigenvalue weighted by molar-refractivity contribution is 5.80. The lowest BCUT2D eigenvalue weighted by molar-refractivity contribution is -0.137. The number of carbonyl (C=O) groups is 1. The van der Waals surface area contributed by atoms with Crippen molar-refractivity contribution in [3.63, 3.8) is 0 Å². The van der Waals surface area contributed by atoms with Crippen molar-refractivity contribution in [1.82, 2.24) is 0 Å². The predicted molar refractivity (Wildman–Crippen MR) is 81.7 cm³/mol. The van der Waals surface area contributed by atoms with Gasteiger partial charge in [-0.05, 0) is 48.2 Å². The summed E-state index contributed by atoms with van der Waals surface area (Å²) in [6.07, 6.45) is -0.878. The van der Waals surface area contributed by atoms with Crippen molar-refractivity contribution in [3.8, 4) is 0 Å². The minimum Gasteiger partial charge on any atom is -0.298 e. The molecule has 0 saturated carbocycles. The molecule has 0 radical (unpaired) electrons. The summed E-state index contributed by atoms with van der Waals surface area (Å²) in [4.78, 5) is 10.8. The summed E-state index contributed by atoms with van der Waals surface area (Å²) in [6.45, 7) is 3.86. The molecule has 0 heterocycles. The molecule has 0 amide bonds. The van der Waals surface area contributed by atoms with E-state index in [1.165, 1.54) is 18.2 Å². The molecule has 0 saturated heterocycles. The van der Waals surface area contributed by atoms with Gasteiger partial charge in [0.15, 0.2) is 0 Å². The smallest absolute Gasteiger partial charge is 0.298 e. The Kier molecular flexibility index (Phi) is 4.50. The maximum atomic E-state index is 13.0. The highest BCUT2D eigenvalue weighted by atomic mass is 19.4. The molecule has 2 aromatic carbocycles. The molecular formula is C18H15F3O. The Morgan fingerprint density at radius 1 is 0.955 bits per heavy atom. The molecule has 0 aliphatic heterocycles. The second-order valence-corrected chi connectivity index (χ2v) is 5.08. The Morgan fingerprint density at radius 2 is 1.64 bits per heavy atom. The highest BCUT2D eigenvalue weighted by Gasteiger charge is 2.32. The second kappa shape index (κ2) is 6.18. The molecule has 2 aromatic rings. The van der Waals surface area contributed by atoms with Crippen molar-refractivity contribution in [3.05, 3.63) is 69.8 Å². The van der Waals surface area contributed by atoms with E-state index in [0.29, 0.717) is 6.29 Å². The summed E-state index contributed by atoms with van der Waals surface area (Å²) >= 11 is 0. The molecule has 0 atom stereocenters. The topological polar surface area (TPSA) is 17.1 Å². The number of hydrogen-bond donors (Lipinski definition) is 0. The van der Waals surface area contributed by atoms with Gasteiger partial charge < -0.3 is 0 Å². The molecule has 0 bridgehead atoms. The molecule has 0 fully saturated rings. The normalized spacial score (nSPS) is 11.9. The van der Waals surface area contributed by atoms with Crippen LogP contribution in [0.3, 0.4) is 0 Å². The van der Waals surface area contributed by atoms with Gasteiger partial charge >= 0.3 is 6.18 Å². The van der Waals surface area contributed by atoms with E-state index in [0.717, 1.165) is 22.8 Å². The lowest BCUT2D eigenvalue weighted by Gasteiger charge is -2.11. The minimum absolute atomic E-state index is 0.0157. The van der Waals surface area contributed by atoms with Gasteiger partial charge in [0.1, 0.15) is 6.29 Å². The summed E-state index contributed by atoms with van der Waals surface area (Å²) < 4.78 is 39.1. The maximum Gasteiger partial charge on any atom is 0.416 e. The Balaban J connectivity index is 2.49. The molecule has 0 N–H and O–H groups in total. The van der Waals surface area contributed by atoms with E-state index < -0.39 is 11.7 Å². The molecule has 0 unspecified atom stereocenters. The van der Waals surface area contributed by atoms with Crippen LogP contribution in [0.25, 0.3) is 12.2 Å². The summed E-state index contributed by atoms with van der Waals surface area (Å²) in [7, 11) is 0. The molecule has 1 nitrogen and oxygen atoms in total. The Hall–Kier alpha value is -2.36. The summed E-state index contributed by atoms with van der Waals surface area (Å²) in [6, 6.07) is 9.00. The van der Waals surface area contributed by atoms with E-state index in [9.17, 15) is 18.0 Å². The predicted octanol–water partition coefficient (Wildman–Crippen LogP) is 5.31. The average Bonchev–Trinajstić information content (AvgIpc) is 2.47. The summed E-state index contributed by atoms with van der Waals surface area (Å²) in [5.41, 5.74) is 2.38. The molecule has 0 aliphatic rings. The first-order chi connectivity index (χ1) is 10.3. The molecule has 0 spiro atoms. The third-order valence-corrected chi connectivity index (χ3v) is 3.61. The molecule has 0 aliphatic carbocycles. The van der Waals surface area contributed by atoms with Gasteiger partial charge in [0.25, 0.3) is 0 Å². The van der Waals surface area contributed by atoms with Gasteiger partial charge in [-0.25, -0.2) is 0 Å². The quantitative estimate of drug-likeness (QED) is 0.555. The molecular weight excluding hydrogens is 289 g/mol. The van der Waals surface area contributed by atoms with Crippen LogP contribution < -0.4 is 0 Å². The fourth-order valence-corrected chi connectivity index (χ4v) is 2.18. The number of aryl methyl sites for hydroxylation is 1. The van der Waals surface area contributed by atoms with E-state index in [2.05, 4.69) is 0 Å². The van der Waals surface area contributed by atoms with Crippen LogP contribution in [0.1, 0.15) is 38.2 Å². The first kappa shape index (κ1) is 16.0. The third kappa shape index (κ3) is 3.45. The number of rotatable bonds is 3. The first-order valence-electron chi connectivity index (χ1n) is 6.73. The molecule has 114 valence electrons. The minimum atomic E-state index is -4.46. The first-order valence-corrected chi connectivity index (χ1v) is 6.73. The number of hydrogen-bond acceptors (Lipinski definition) is 1. The van der Waals surface area contributed by atoms with Gasteiger partial charge in [0.05, 0.1) is 5.56 Å². The van der Waals surface area contributed by atoms with Gasteiger partial charge in [-0.2, -0.15) is 13.2 Å². The van der Waals surface area contributed by atoms with E-state index in [-0.39, 0.29) is 11.1 Å². The van der Waals surface area contributed by atoms with Gasteiger partial charge in [0, 0.05) is 5.56 Å². The Morgan fingerprint density at radius 3 is 2.27 bits per heavy atom. The van der Waals surface area contributed by atoms with Crippen LogP contribution in [0.5, 0.6) is 0 Å². The highest BCUT2D eigenvalue weighted by Crippen LogP contribution is 2.33. The van der Waals surface area contributed by atoms with E-state index in [4.69, 9.17) is 0 Å². The number of halogens is 3. The Labute approximate surface area is 127 Å². The van der Waals surface area contributed by atoms with Gasteiger partial charge in [-0.3, -0.25) is 4.79 Å². The largest absolute Gasteiger partial charge is 0.416 e. The maximum absolute atomic E-state index is 13.0. The fraction of sp³-hybridized carbons (Fsp3) is 0.167. The van der Waals surface area contributed by atoms with Gasteiger partial charge in [0.2, 0.25) is 0 Å². The van der Waals surface area contributed by atoms with E-state index in [1.54, 1.807) is 6.08 Å². The summed E-state index contributed by atoms with van der Waals surface area (Å²) in [5.74, 6) is 0. The van der Waals surface area contributed by atoms with Crippen molar-refractivity contribution >= 4 is 18.4 Å². The number of benzene rings is 2. The lowest BCUT2D eigenvalue weighted by Crippen LogP contribution is -2.07.